The average Bonchev–Trinajstić information content (AvgIpc) is 2.61. The first-order valence-corrected chi connectivity index (χ1v) is 10.4. The predicted molar refractivity (Wildman–Crippen MR) is 106 cm³/mol. The van der Waals surface area contributed by atoms with Crippen molar-refractivity contribution in [2.45, 2.75) is 105 Å². The first-order valence-electron chi connectivity index (χ1n) is 10.4. The molecule has 0 aliphatic rings. The van der Waals surface area contributed by atoms with Gasteiger partial charge in [0, 0.05) is 6.42 Å². The molecule has 0 amide bonds. The molecule has 0 aliphatic heterocycles. The third-order valence-electron chi connectivity index (χ3n) is 4.75. The van der Waals surface area contributed by atoms with Crippen LogP contribution in [0.4, 0.5) is 0 Å². The van der Waals surface area contributed by atoms with Crippen molar-refractivity contribution in [3.63, 3.8) is 0 Å². The Morgan fingerprint density at radius 2 is 1.15 bits per heavy atom. The van der Waals surface area contributed by atoms with E-state index in [1.807, 2.05) is 0 Å². The van der Waals surface area contributed by atoms with Gasteiger partial charge in [0.1, 0.15) is 0 Å². The fourth-order valence-electron chi connectivity index (χ4n) is 2.92. The first kappa shape index (κ1) is 27.1. The van der Waals surface area contributed by atoms with Crippen molar-refractivity contribution in [3.8, 4) is 0 Å². The molecule has 0 aromatic heterocycles. The van der Waals surface area contributed by atoms with Crippen LogP contribution in [-0.4, -0.2) is 30.6 Å². The van der Waals surface area contributed by atoms with Gasteiger partial charge in [-0.3, -0.25) is 9.59 Å². The largest absolute Gasteiger partial charge is 0.466 e. The molecule has 0 saturated heterocycles. The van der Waals surface area contributed by atoms with Gasteiger partial charge < -0.3 is 14.9 Å². The molecular formula is C21H42O5. The summed E-state index contributed by atoms with van der Waals surface area (Å²) in [6.45, 7) is 9.38. The van der Waals surface area contributed by atoms with Gasteiger partial charge in [-0.2, -0.15) is 0 Å². The third kappa shape index (κ3) is 11.5. The highest BCUT2D eigenvalue weighted by Crippen LogP contribution is 2.38. The molecule has 156 valence electrons. The smallest absolute Gasteiger partial charge is 0.312 e. The topological polar surface area (TPSA) is 84.1 Å². The van der Waals surface area contributed by atoms with Crippen LogP contribution in [0.25, 0.3) is 0 Å². The van der Waals surface area contributed by atoms with E-state index in [-0.39, 0.29) is 17.4 Å². The van der Waals surface area contributed by atoms with Crippen molar-refractivity contribution in [2.24, 2.45) is 5.41 Å². The fraction of sp³-hybridized carbons (Fsp3) is 0.905. The minimum absolute atomic E-state index is 0. The summed E-state index contributed by atoms with van der Waals surface area (Å²) in [5, 5.41) is 0. The summed E-state index contributed by atoms with van der Waals surface area (Å²) in [4.78, 5) is 24.9. The van der Waals surface area contributed by atoms with E-state index >= 15 is 0 Å². The second kappa shape index (κ2) is 17.3. The van der Waals surface area contributed by atoms with Crippen LogP contribution in [0.15, 0.2) is 0 Å². The van der Waals surface area contributed by atoms with Crippen molar-refractivity contribution in [1.29, 1.82) is 0 Å². The summed E-state index contributed by atoms with van der Waals surface area (Å²) in [7, 11) is 0. The number of unbranched alkanes of at least 4 members (excludes halogenated alkanes) is 4. The Balaban J connectivity index is 0. The first-order chi connectivity index (χ1) is 12.1. The zero-order valence-corrected chi connectivity index (χ0v) is 17.5. The second-order valence-electron chi connectivity index (χ2n) is 7.05. The molecule has 0 aromatic carbocycles. The molecular weight excluding hydrogens is 332 g/mol. The number of rotatable bonds is 16. The fourth-order valence-corrected chi connectivity index (χ4v) is 2.92. The highest BCUT2D eigenvalue weighted by atomic mass is 16.5. The van der Waals surface area contributed by atoms with E-state index in [9.17, 15) is 9.59 Å². The summed E-state index contributed by atoms with van der Waals surface area (Å²) in [6.07, 6.45) is 10.3. The molecule has 0 radical (unpaired) electrons. The molecule has 0 saturated carbocycles. The predicted octanol–water partition coefficient (Wildman–Crippen LogP) is 5.00. The molecule has 0 fully saturated rings. The molecule has 0 aromatic rings. The molecule has 0 aliphatic carbocycles. The van der Waals surface area contributed by atoms with Crippen LogP contribution in [-0.2, 0) is 19.1 Å². The molecule has 0 unspecified atom stereocenters. The minimum atomic E-state index is -0.524. The van der Waals surface area contributed by atoms with E-state index < -0.39 is 5.41 Å². The van der Waals surface area contributed by atoms with Gasteiger partial charge in [0.15, 0.2) is 0 Å². The highest BCUT2D eigenvalue weighted by molar-refractivity contribution is 5.78. The van der Waals surface area contributed by atoms with E-state index in [2.05, 4.69) is 27.7 Å². The lowest BCUT2D eigenvalue weighted by molar-refractivity contribution is -0.159. The van der Waals surface area contributed by atoms with E-state index in [1.165, 1.54) is 0 Å². The van der Waals surface area contributed by atoms with Gasteiger partial charge in [0.2, 0.25) is 0 Å². The van der Waals surface area contributed by atoms with Gasteiger partial charge in [-0.1, -0.05) is 66.2 Å². The van der Waals surface area contributed by atoms with Gasteiger partial charge in [-0.15, -0.1) is 0 Å². The summed E-state index contributed by atoms with van der Waals surface area (Å²) >= 11 is 0. The summed E-state index contributed by atoms with van der Waals surface area (Å²) in [5.41, 5.74) is -0.524. The molecule has 0 bridgehead atoms. The maximum atomic E-state index is 12.9. The molecule has 2 N–H and O–H groups in total. The van der Waals surface area contributed by atoms with Crippen LogP contribution in [0.2, 0.25) is 0 Å². The molecule has 0 atom stereocenters. The summed E-state index contributed by atoms with van der Waals surface area (Å²) < 4.78 is 10.9. The minimum Gasteiger partial charge on any atom is -0.466 e. The Morgan fingerprint density at radius 3 is 1.62 bits per heavy atom. The lowest BCUT2D eigenvalue weighted by atomic mass is 9.74. The number of esters is 2. The van der Waals surface area contributed by atoms with Gasteiger partial charge in [0.25, 0.3) is 0 Å². The summed E-state index contributed by atoms with van der Waals surface area (Å²) in [5.74, 6) is -0.295. The monoisotopic (exact) mass is 374 g/mol. The van der Waals surface area contributed by atoms with Crippen LogP contribution in [0.5, 0.6) is 0 Å². The Hall–Kier alpha value is -1.10. The standard InChI is InChI=1S/C21H40O4.H2O/c1-5-9-14-21(15-10-6-2,20(23)25-18-12-8-4)16-13-19(22)24-17-11-7-3;/h5-18H2,1-4H3;1H2. The van der Waals surface area contributed by atoms with Crippen molar-refractivity contribution < 1.29 is 24.5 Å². The van der Waals surface area contributed by atoms with Crippen LogP contribution in [0.1, 0.15) is 105 Å². The zero-order valence-electron chi connectivity index (χ0n) is 17.5. The van der Waals surface area contributed by atoms with E-state index in [1.54, 1.807) is 0 Å². The number of hydrogen-bond acceptors (Lipinski definition) is 4. The second-order valence-corrected chi connectivity index (χ2v) is 7.05. The SMILES string of the molecule is CCCCOC(=O)CCC(CCCC)(CCCC)C(=O)OCCCC.O. The van der Waals surface area contributed by atoms with Gasteiger partial charge in [-0.25, -0.2) is 0 Å². The quantitative estimate of drug-likeness (QED) is 0.281. The van der Waals surface area contributed by atoms with Crippen LogP contribution in [0.3, 0.4) is 0 Å². The lowest BCUT2D eigenvalue weighted by Gasteiger charge is -2.31. The molecule has 0 rings (SSSR count). The highest BCUT2D eigenvalue weighted by Gasteiger charge is 2.39. The number of carbonyl (C=O) groups excluding carboxylic acids is 2. The van der Waals surface area contributed by atoms with Crippen LogP contribution < -0.4 is 0 Å². The Kier molecular flexibility index (Phi) is 18.1. The Morgan fingerprint density at radius 1 is 0.692 bits per heavy atom. The number of hydrogen-bond donors (Lipinski definition) is 0. The number of carbonyl (C=O) groups is 2. The van der Waals surface area contributed by atoms with E-state index in [0.29, 0.717) is 26.1 Å². The van der Waals surface area contributed by atoms with Gasteiger partial charge in [0.05, 0.1) is 18.6 Å². The van der Waals surface area contributed by atoms with Crippen molar-refractivity contribution in [2.75, 3.05) is 13.2 Å². The maximum Gasteiger partial charge on any atom is 0.312 e. The maximum absolute atomic E-state index is 12.9. The van der Waals surface area contributed by atoms with Crippen molar-refractivity contribution >= 4 is 11.9 Å². The molecule has 0 spiro atoms. The Labute approximate surface area is 160 Å². The molecule has 5 heteroatoms. The zero-order chi connectivity index (χ0) is 19.0. The summed E-state index contributed by atoms with van der Waals surface area (Å²) in [6, 6.07) is 0. The van der Waals surface area contributed by atoms with E-state index in [4.69, 9.17) is 9.47 Å². The van der Waals surface area contributed by atoms with Crippen LogP contribution in [0, 0.1) is 5.41 Å². The molecule has 26 heavy (non-hydrogen) atoms. The average molecular weight is 375 g/mol. The lowest BCUT2D eigenvalue weighted by Crippen LogP contribution is -2.34. The molecule has 0 heterocycles. The number of ether oxygens (including phenoxy) is 2. The normalized spacial score (nSPS) is 10.9. The van der Waals surface area contributed by atoms with Crippen molar-refractivity contribution in [1.82, 2.24) is 0 Å². The van der Waals surface area contributed by atoms with Crippen LogP contribution >= 0.6 is 0 Å². The molecule has 5 nitrogen and oxygen atoms in total. The van der Waals surface area contributed by atoms with Gasteiger partial charge in [-0.05, 0) is 32.1 Å². The third-order valence-corrected chi connectivity index (χ3v) is 4.75. The van der Waals surface area contributed by atoms with Gasteiger partial charge >= 0.3 is 11.9 Å². The Bertz CT molecular complexity index is 346. The van der Waals surface area contributed by atoms with E-state index in [0.717, 1.165) is 64.2 Å². The van der Waals surface area contributed by atoms with Crippen molar-refractivity contribution in [3.05, 3.63) is 0 Å².